The molecule has 0 bridgehead atoms. The maximum absolute atomic E-state index is 12.9. The molecule has 0 unspecified atom stereocenters. The molecular formula is C18H18FN3O3S. The highest BCUT2D eigenvalue weighted by atomic mass is 32.2. The van der Waals surface area contributed by atoms with Crippen LogP contribution in [0.5, 0.6) is 0 Å². The number of benzene rings is 2. The van der Waals surface area contributed by atoms with Gasteiger partial charge in [0.1, 0.15) is 5.82 Å². The average Bonchev–Trinajstić information content (AvgIpc) is 3.06. The fraction of sp³-hybridized carbons (Fsp3) is 0.222. The molecule has 6 nitrogen and oxygen atoms in total. The van der Waals surface area contributed by atoms with Crippen molar-refractivity contribution in [3.8, 4) is 11.4 Å². The van der Waals surface area contributed by atoms with Gasteiger partial charge in [0.25, 0.3) is 0 Å². The first kappa shape index (κ1) is 18.2. The second-order valence-corrected chi connectivity index (χ2v) is 7.68. The third kappa shape index (κ3) is 4.14. The molecule has 0 aliphatic heterocycles. The van der Waals surface area contributed by atoms with Crippen LogP contribution in [0.4, 0.5) is 4.39 Å². The molecule has 0 aliphatic carbocycles. The molecule has 136 valence electrons. The molecule has 3 rings (SSSR count). The van der Waals surface area contributed by atoms with Crippen LogP contribution in [0.2, 0.25) is 0 Å². The van der Waals surface area contributed by atoms with Crippen molar-refractivity contribution in [2.24, 2.45) is 0 Å². The highest BCUT2D eigenvalue weighted by molar-refractivity contribution is 7.89. The summed E-state index contributed by atoms with van der Waals surface area (Å²) in [6, 6.07) is 10.7. The first-order valence-electron chi connectivity index (χ1n) is 8.00. The van der Waals surface area contributed by atoms with Gasteiger partial charge in [0, 0.05) is 18.5 Å². The largest absolute Gasteiger partial charge is 0.339 e. The van der Waals surface area contributed by atoms with Crippen LogP contribution in [-0.2, 0) is 16.4 Å². The molecular weight excluding hydrogens is 357 g/mol. The van der Waals surface area contributed by atoms with Crippen molar-refractivity contribution in [1.82, 2.24) is 14.9 Å². The third-order valence-electron chi connectivity index (χ3n) is 3.99. The molecule has 0 amide bonds. The summed E-state index contributed by atoms with van der Waals surface area (Å²) < 4.78 is 45.2. The summed E-state index contributed by atoms with van der Waals surface area (Å²) in [5, 5.41) is 3.82. The van der Waals surface area contributed by atoms with Crippen molar-refractivity contribution in [1.29, 1.82) is 0 Å². The summed E-state index contributed by atoms with van der Waals surface area (Å²) in [5.74, 6) is 0.280. The number of sulfonamides is 1. The van der Waals surface area contributed by atoms with Gasteiger partial charge in [-0.2, -0.15) is 4.98 Å². The van der Waals surface area contributed by atoms with Gasteiger partial charge in [0.15, 0.2) is 0 Å². The predicted octanol–water partition coefficient (Wildman–Crippen LogP) is 3.01. The average molecular weight is 375 g/mol. The Kier molecular flexibility index (Phi) is 5.15. The lowest BCUT2D eigenvalue weighted by atomic mass is 10.1. The Balaban J connectivity index is 1.62. The predicted molar refractivity (Wildman–Crippen MR) is 94.5 cm³/mol. The van der Waals surface area contributed by atoms with E-state index in [2.05, 4.69) is 14.9 Å². The Bertz CT molecular complexity index is 1010. The molecule has 8 heteroatoms. The highest BCUT2D eigenvalue weighted by Crippen LogP contribution is 2.17. The van der Waals surface area contributed by atoms with E-state index in [1.165, 1.54) is 12.1 Å². The summed E-state index contributed by atoms with van der Waals surface area (Å²) in [6.45, 7) is 3.91. The van der Waals surface area contributed by atoms with E-state index in [9.17, 15) is 12.8 Å². The van der Waals surface area contributed by atoms with Crippen molar-refractivity contribution in [3.63, 3.8) is 0 Å². The van der Waals surface area contributed by atoms with E-state index in [0.717, 1.165) is 11.1 Å². The standard InChI is InChI=1S/C18H18FN3O3S/c1-12-3-8-16(11-13(12)2)26(23,24)20-10-9-17-21-18(22-25-17)14-4-6-15(19)7-5-14/h3-8,11,20H,9-10H2,1-2H3. The van der Waals surface area contributed by atoms with E-state index in [1.807, 2.05) is 13.8 Å². The molecule has 1 aromatic heterocycles. The maximum Gasteiger partial charge on any atom is 0.240 e. The van der Waals surface area contributed by atoms with Gasteiger partial charge in [-0.3, -0.25) is 0 Å². The first-order valence-corrected chi connectivity index (χ1v) is 9.49. The molecule has 0 fully saturated rings. The van der Waals surface area contributed by atoms with Crippen molar-refractivity contribution >= 4 is 10.0 Å². The number of aromatic nitrogens is 2. The second-order valence-electron chi connectivity index (χ2n) is 5.91. The quantitative estimate of drug-likeness (QED) is 0.716. The fourth-order valence-electron chi connectivity index (χ4n) is 2.33. The van der Waals surface area contributed by atoms with E-state index in [-0.39, 0.29) is 23.7 Å². The summed E-state index contributed by atoms with van der Waals surface area (Å²) in [7, 11) is -3.60. The van der Waals surface area contributed by atoms with Crippen LogP contribution >= 0.6 is 0 Å². The highest BCUT2D eigenvalue weighted by Gasteiger charge is 2.15. The zero-order chi connectivity index (χ0) is 18.7. The normalized spacial score (nSPS) is 11.7. The van der Waals surface area contributed by atoms with E-state index >= 15 is 0 Å². The number of rotatable bonds is 6. The molecule has 0 saturated heterocycles. The molecule has 0 spiro atoms. The van der Waals surface area contributed by atoms with Gasteiger partial charge in [0.05, 0.1) is 4.90 Å². The SMILES string of the molecule is Cc1ccc(S(=O)(=O)NCCc2nc(-c3ccc(F)cc3)no2)cc1C. The third-order valence-corrected chi connectivity index (χ3v) is 5.45. The van der Waals surface area contributed by atoms with E-state index in [4.69, 9.17) is 4.52 Å². The lowest BCUT2D eigenvalue weighted by Gasteiger charge is -2.07. The number of nitrogens with one attached hydrogen (secondary N) is 1. The van der Waals surface area contributed by atoms with Gasteiger partial charge >= 0.3 is 0 Å². The number of hydrogen-bond acceptors (Lipinski definition) is 5. The molecule has 26 heavy (non-hydrogen) atoms. The van der Waals surface area contributed by atoms with Crippen molar-refractivity contribution < 1.29 is 17.3 Å². The smallest absolute Gasteiger partial charge is 0.240 e. The summed E-state index contributed by atoms with van der Waals surface area (Å²) >= 11 is 0. The van der Waals surface area contributed by atoms with Gasteiger partial charge in [0.2, 0.25) is 21.7 Å². The Morgan fingerprint density at radius 2 is 1.81 bits per heavy atom. The van der Waals surface area contributed by atoms with Gasteiger partial charge in [-0.05, 0) is 61.4 Å². The molecule has 0 radical (unpaired) electrons. The summed E-state index contributed by atoms with van der Waals surface area (Å²) in [5.41, 5.74) is 2.56. The summed E-state index contributed by atoms with van der Waals surface area (Å²) in [4.78, 5) is 4.41. The lowest BCUT2D eigenvalue weighted by Crippen LogP contribution is -2.26. The number of halogens is 1. The Hall–Kier alpha value is -2.58. The molecule has 1 heterocycles. The molecule has 0 saturated carbocycles. The first-order chi connectivity index (χ1) is 12.3. The van der Waals surface area contributed by atoms with E-state index in [1.54, 1.807) is 30.3 Å². The van der Waals surface area contributed by atoms with Gasteiger partial charge < -0.3 is 4.52 Å². The van der Waals surface area contributed by atoms with Gasteiger partial charge in [-0.25, -0.2) is 17.5 Å². The number of aryl methyl sites for hydroxylation is 2. The van der Waals surface area contributed by atoms with Gasteiger partial charge in [-0.1, -0.05) is 11.2 Å². The van der Waals surface area contributed by atoms with Crippen LogP contribution in [0, 0.1) is 19.7 Å². The maximum atomic E-state index is 12.9. The minimum Gasteiger partial charge on any atom is -0.339 e. The van der Waals surface area contributed by atoms with Crippen molar-refractivity contribution in [2.45, 2.75) is 25.2 Å². The second kappa shape index (κ2) is 7.35. The van der Waals surface area contributed by atoms with Crippen LogP contribution in [0.1, 0.15) is 17.0 Å². The van der Waals surface area contributed by atoms with E-state index in [0.29, 0.717) is 17.3 Å². The molecule has 0 aliphatic rings. The topological polar surface area (TPSA) is 85.1 Å². The zero-order valence-electron chi connectivity index (χ0n) is 14.4. The Labute approximate surface area is 151 Å². The number of hydrogen-bond donors (Lipinski definition) is 1. The zero-order valence-corrected chi connectivity index (χ0v) is 15.2. The van der Waals surface area contributed by atoms with Crippen LogP contribution in [-0.4, -0.2) is 25.1 Å². The molecule has 0 atom stereocenters. The minimum absolute atomic E-state index is 0.125. The molecule has 1 N–H and O–H groups in total. The van der Waals surface area contributed by atoms with Crippen molar-refractivity contribution in [2.75, 3.05) is 6.54 Å². The van der Waals surface area contributed by atoms with Crippen LogP contribution < -0.4 is 4.72 Å². The van der Waals surface area contributed by atoms with E-state index < -0.39 is 10.0 Å². The Morgan fingerprint density at radius 3 is 2.50 bits per heavy atom. The monoisotopic (exact) mass is 375 g/mol. The van der Waals surface area contributed by atoms with Crippen LogP contribution in [0.15, 0.2) is 51.9 Å². The molecule has 2 aromatic carbocycles. The number of nitrogens with zero attached hydrogens (tertiary/aromatic N) is 2. The Morgan fingerprint density at radius 1 is 1.08 bits per heavy atom. The van der Waals surface area contributed by atoms with Crippen LogP contribution in [0.3, 0.4) is 0 Å². The molecule has 3 aromatic rings. The van der Waals surface area contributed by atoms with Crippen LogP contribution in [0.25, 0.3) is 11.4 Å². The summed E-state index contributed by atoms with van der Waals surface area (Å²) in [6.07, 6.45) is 0.248. The van der Waals surface area contributed by atoms with Crippen molar-refractivity contribution in [3.05, 3.63) is 65.3 Å². The lowest BCUT2D eigenvalue weighted by molar-refractivity contribution is 0.379. The fourth-order valence-corrected chi connectivity index (χ4v) is 3.45. The minimum atomic E-state index is -3.60. The van der Waals surface area contributed by atoms with Gasteiger partial charge in [-0.15, -0.1) is 0 Å².